The molecule has 0 spiro atoms. The van der Waals surface area contributed by atoms with Crippen molar-refractivity contribution in [3.05, 3.63) is 86.6 Å². The third-order valence-electron chi connectivity index (χ3n) is 4.46. The normalized spacial score (nSPS) is 12.4. The number of hydrogen-bond acceptors (Lipinski definition) is 5. The van der Waals surface area contributed by atoms with Crippen molar-refractivity contribution in [2.75, 3.05) is 0 Å². The van der Waals surface area contributed by atoms with Crippen molar-refractivity contribution in [3.63, 3.8) is 0 Å². The van der Waals surface area contributed by atoms with Crippen LogP contribution in [0.15, 0.2) is 69.9 Å². The van der Waals surface area contributed by atoms with Crippen molar-refractivity contribution in [2.24, 2.45) is 0 Å². The van der Waals surface area contributed by atoms with E-state index < -0.39 is 0 Å². The minimum atomic E-state index is -0.101. The smallest absolute Gasteiger partial charge is 0.262 e. The first-order valence-electron chi connectivity index (χ1n) is 8.73. The maximum atomic E-state index is 13.3. The standard InChI is InChI=1S/C21H19N3OS2/c1-14(16-8-4-3-5-9-16)24-20(25)18-10-6-7-11-19(18)23-21(24)27-13-17-12-26-15(2)22-17/h3-12,14H,13H2,1-2H3/t14-/m0/s1. The van der Waals surface area contributed by atoms with Crippen molar-refractivity contribution in [1.82, 2.24) is 14.5 Å². The Morgan fingerprint density at radius 2 is 1.81 bits per heavy atom. The van der Waals surface area contributed by atoms with Gasteiger partial charge in [-0.15, -0.1) is 11.3 Å². The summed E-state index contributed by atoms with van der Waals surface area (Å²) in [5.74, 6) is 0.691. The van der Waals surface area contributed by atoms with E-state index in [9.17, 15) is 4.79 Å². The molecule has 0 saturated carbocycles. The molecule has 0 unspecified atom stereocenters. The number of nitrogens with zero attached hydrogens (tertiary/aromatic N) is 3. The number of rotatable bonds is 5. The van der Waals surface area contributed by atoms with Gasteiger partial charge in [0.05, 0.1) is 27.6 Å². The maximum Gasteiger partial charge on any atom is 0.262 e. The van der Waals surface area contributed by atoms with Gasteiger partial charge in [-0.1, -0.05) is 54.2 Å². The Morgan fingerprint density at radius 3 is 2.56 bits per heavy atom. The lowest BCUT2D eigenvalue weighted by Crippen LogP contribution is -2.27. The zero-order chi connectivity index (χ0) is 18.8. The lowest BCUT2D eigenvalue weighted by atomic mass is 10.1. The number of para-hydroxylation sites is 1. The van der Waals surface area contributed by atoms with Gasteiger partial charge in [0.2, 0.25) is 0 Å². The second kappa shape index (κ2) is 7.66. The molecule has 0 aliphatic rings. The molecule has 4 nitrogen and oxygen atoms in total. The van der Waals surface area contributed by atoms with E-state index in [-0.39, 0.29) is 11.6 Å². The molecule has 2 aromatic carbocycles. The Kier molecular flexibility index (Phi) is 5.09. The molecular formula is C21H19N3OS2. The van der Waals surface area contributed by atoms with E-state index in [1.165, 1.54) is 0 Å². The SMILES string of the molecule is Cc1nc(CSc2nc3ccccc3c(=O)n2[C@@H](C)c2ccccc2)cs1. The number of benzene rings is 2. The van der Waals surface area contributed by atoms with Crippen molar-refractivity contribution in [3.8, 4) is 0 Å². The van der Waals surface area contributed by atoms with Gasteiger partial charge in [0.15, 0.2) is 5.16 Å². The molecule has 136 valence electrons. The highest BCUT2D eigenvalue weighted by Gasteiger charge is 2.18. The van der Waals surface area contributed by atoms with E-state index >= 15 is 0 Å². The lowest BCUT2D eigenvalue weighted by molar-refractivity contribution is 0.548. The van der Waals surface area contributed by atoms with E-state index in [1.54, 1.807) is 23.1 Å². The van der Waals surface area contributed by atoms with Gasteiger partial charge in [0, 0.05) is 11.1 Å². The van der Waals surface area contributed by atoms with E-state index in [4.69, 9.17) is 4.98 Å². The monoisotopic (exact) mass is 393 g/mol. The lowest BCUT2D eigenvalue weighted by Gasteiger charge is -2.19. The molecule has 1 atom stereocenters. The topological polar surface area (TPSA) is 47.8 Å². The van der Waals surface area contributed by atoms with Crippen molar-refractivity contribution >= 4 is 34.0 Å². The first kappa shape index (κ1) is 17.9. The molecule has 27 heavy (non-hydrogen) atoms. The van der Waals surface area contributed by atoms with Gasteiger partial charge in [-0.25, -0.2) is 9.97 Å². The Bertz CT molecular complexity index is 1140. The first-order valence-corrected chi connectivity index (χ1v) is 10.6. The number of aromatic nitrogens is 3. The van der Waals surface area contributed by atoms with Crippen LogP contribution in [0, 0.1) is 6.92 Å². The van der Waals surface area contributed by atoms with Crippen LogP contribution < -0.4 is 5.56 Å². The average Bonchev–Trinajstić information content (AvgIpc) is 3.12. The molecule has 4 aromatic rings. The molecule has 2 aromatic heterocycles. The number of aryl methyl sites for hydroxylation is 1. The van der Waals surface area contributed by atoms with Crippen molar-refractivity contribution < 1.29 is 0 Å². The van der Waals surface area contributed by atoms with Gasteiger partial charge >= 0.3 is 0 Å². The summed E-state index contributed by atoms with van der Waals surface area (Å²) < 4.78 is 1.81. The fourth-order valence-corrected chi connectivity index (χ4v) is 4.75. The van der Waals surface area contributed by atoms with Gasteiger partial charge in [-0.3, -0.25) is 9.36 Å². The summed E-state index contributed by atoms with van der Waals surface area (Å²) in [4.78, 5) is 22.6. The molecule has 0 bridgehead atoms. The Balaban J connectivity index is 1.81. The average molecular weight is 394 g/mol. The van der Waals surface area contributed by atoms with Crippen molar-refractivity contribution in [2.45, 2.75) is 30.8 Å². The summed E-state index contributed by atoms with van der Waals surface area (Å²) in [7, 11) is 0. The van der Waals surface area contributed by atoms with Gasteiger partial charge in [-0.05, 0) is 31.5 Å². The van der Waals surface area contributed by atoms with Crippen LogP contribution in [0.3, 0.4) is 0 Å². The summed E-state index contributed by atoms with van der Waals surface area (Å²) >= 11 is 3.20. The largest absolute Gasteiger partial charge is 0.280 e. The van der Waals surface area contributed by atoms with Crippen LogP contribution in [0.1, 0.15) is 29.2 Å². The third-order valence-corrected chi connectivity index (χ3v) is 6.27. The first-order chi connectivity index (χ1) is 13.1. The highest BCUT2D eigenvalue weighted by Crippen LogP contribution is 2.27. The number of thioether (sulfide) groups is 1. The Morgan fingerprint density at radius 1 is 1.07 bits per heavy atom. The molecule has 4 rings (SSSR count). The molecule has 2 heterocycles. The highest BCUT2D eigenvalue weighted by atomic mass is 32.2. The second-order valence-corrected chi connectivity index (χ2v) is 8.32. The molecular weight excluding hydrogens is 374 g/mol. The molecule has 0 saturated heterocycles. The summed E-state index contributed by atoms with van der Waals surface area (Å²) in [5.41, 5.74) is 2.83. The molecule has 0 aliphatic heterocycles. The van der Waals surface area contributed by atoms with Crippen molar-refractivity contribution in [1.29, 1.82) is 0 Å². The zero-order valence-electron chi connectivity index (χ0n) is 15.1. The molecule has 0 radical (unpaired) electrons. The van der Waals surface area contributed by atoms with Crippen LogP contribution in [0.25, 0.3) is 10.9 Å². The zero-order valence-corrected chi connectivity index (χ0v) is 16.8. The number of fused-ring (bicyclic) bond motifs is 1. The van der Waals surface area contributed by atoms with E-state index in [0.29, 0.717) is 11.1 Å². The summed E-state index contributed by atoms with van der Waals surface area (Å²) in [6.45, 7) is 4.05. The fourth-order valence-electron chi connectivity index (χ4n) is 3.06. The molecule has 6 heteroatoms. The van der Waals surface area contributed by atoms with E-state index in [1.807, 2.05) is 73.0 Å². The van der Waals surface area contributed by atoms with Gasteiger partial charge in [0.1, 0.15) is 0 Å². The summed E-state index contributed by atoms with van der Waals surface area (Å²) in [5, 5.41) is 4.48. The minimum Gasteiger partial charge on any atom is -0.280 e. The second-order valence-electron chi connectivity index (χ2n) is 6.32. The summed E-state index contributed by atoms with van der Waals surface area (Å²) in [6.07, 6.45) is 0. The molecule has 0 fully saturated rings. The van der Waals surface area contributed by atoms with Gasteiger partial charge < -0.3 is 0 Å². The van der Waals surface area contributed by atoms with Crippen LogP contribution in [0.5, 0.6) is 0 Å². The fraction of sp³-hybridized carbons (Fsp3) is 0.190. The molecule has 0 aliphatic carbocycles. The number of hydrogen-bond donors (Lipinski definition) is 0. The number of thiazole rings is 1. The van der Waals surface area contributed by atoms with Crippen LogP contribution in [0.2, 0.25) is 0 Å². The van der Waals surface area contributed by atoms with Crippen LogP contribution in [0.4, 0.5) is 0 Å². The Labute approximate surface area is 165 Å². The van der Waals surface area contributed by atoms with Gasteiger partial charge in [0.25, 0.3) is 5.56 Å². The van der Waals surface area contributed by atoms with Crippen LogP contribution in [-0.4, -0.2) is 14.5 Å². The molecule has 0 amide bonds. The van der Waals surface area contributed by atoms with Gasteiger partial charge in [-0.2, -0.15) is 0 Å². The minimum absolute atomic E-state index is 0.00564. The predicted octanol–water partition coefficient (Wildman–Crippen LogP) is 5.06. The van der Waals surface area contributed by atoms with Crippen LogP contribution in [-0.2, 0) is 5.75 Å². The third kappa shape index (κ3) is 3.68. The quantitative estimate of drug-likeness (QED) is 0.351. The predicted molar refractivity (Wildman–Crippen MR) is 113 cm³/mol. The van der Waals surface area contributed by atoms with Crippen LogP contribution >= 0.6 is 23.1 Å². The van der Waals surface area contributed by atoms with E-state index in [2.05, 4.69) is 10.4 Å². The van der Waals surface area contributed by atoms with E-state index in [0.717, 1.165) is 26.9 Å². The maximum absolute atomic E-state index is 13.3. The molecule has 0 N–H and O–H groups in total. The Hall–Kier alpha value is -2.44. The summed E-state index contributed by atoms with van der Waals surface area (Å²) in [6, 6.07) is 17.5. The highest BCUT2D eigenvalue weighted by molar-refractivity contribution is 7.98.